The SMILES string of the molecule is CCCNC(CN1CCCC(OCC)C1)C(N)=O. The van der Waals surface area contributed by atoms with E-state index in [1.807, 2.05) is 6.92 Å². The van der Waals surface area contributed by atoms with Crippen molar-refractivity contribution in [2.45, 2.75) is 45.3 Å². The van der Waals surface area contributed by atoms with Crippen molar-refractivity contribution in [2.24, 2.45) is 5.73 Å². The summed E-state index contributed by atoms with van der Waals surface area (Å²) in [6.45, 7) is 8.32. The van der Waals surface area contributed by atoms with Crippen molar-refractivity contribution in [3.63, 3.8) is 0 Å². The van der Waals surface area contributed by atoms with Crippen molar-refractivity contribution < 1.29 is 9.53 Å². The van der Waals surface area contributed by atoms with E-state index in [9.17, 15) is 4.79 Å². The second-order valence-corrected chi connectivity index (χ2v) is 4.89. The first-order chi connectivity index (χ1) is 8.67. The van der Waals surface area contributed by atoms with Crippen LogP contribution in [0, 0.1) is 0 Å². The summed E-state index contributed by atoms with van der Waals surface area (Å²) >= 11 is 0. The average Bonchev–Trinajstić information content (AvgIpc) is 2.35. The van der Waals surface area contributed by atoms with Gasteiger partial charge in [0.25, 0.3) is 0 Å². The first-order valence-corrected chi connectivity index (χ1v) is 7.04. The molecule has 0 aromatic carbocycles. The molecule has 1 amide bonds. The Morgan fingerprint density at radius 1 is 1.56 bits per heavy atom. The molecule has 1 heterocycles. The maximum atomic E-state index is 11.4. The predicted octanol–water partition coefficient (Wildman–Crippen LogP) is 0.341. The molecular weight excluding hydrogens is 230 g/mol. The molecule has 5 nitrogen and oxygen atoms in total. The van der Waals surface area contributed by atoms with E-state index in [0.29, 0.717) is 12.6 Å². The summed E-state index contributed by atoms with van der Waals surface area (Å²) in [5.74, 6) is -0.262. The molecule has 0 radical (unpaired) electrons. The zero-order valence-electron chi connectivity index (χ0n) is 11.7. The molecule has 0 spiro atoms. The van der Waals surface area contributed by atoms with E-state index in [1.165, 1.54) is 0 Å². The number of nitrogens with zero attached hydrogens (tertiary/aromatic N) is 1. The summed E-state index contributed by atoms with van der Waals surface area (Å²) < 4.78 is 5.66. The van der Waals surface area contributed by atoms with Crippen molar-refractivity contribution in [2.75, 3.05) is 32.8 Å². The van der Waals surface area contributed by atoms with Crippen molar-refractivity contribution in [3.8, 4) is 0 Å². The summed E-state index contributed by atoms with van der Waals surface area (Å²) in [6.07, 6.45) is 3.56. The van der Waals surface area contributed by atoms with Crippen molar-refractivity contribution >= 4 is 5.91 Å². The molecule has 0 aromatic rings. The molecule has 1 aliphatic heterocycles. The van der Waals surface area contributed by atoms with Crippen LogP contribution in [-0.2, 0) is 9.53 Å². The lowest BCUT2D eigenvalue weighted by Crippen LogP contribution is -2.52. The lowest BCUT2D eigenvalue weighted by Gasteiger charge is -2.34. The number of hydrogen-bond donors (Lipinski definition) is 2. The summed E-state index contributed by atoms with van der Waals surface area (Å²) in [7, 11) is 0. The number of piperidine rings is 1. The maximum Gasteiger partial charge on any atom is 0.235 e. The topological polar surface area (TPSA) is 67.6 Å². The van der Waals surface area contributed by atoms with Gasteiger partial charge in [0.1, 0.15) is 0 Å². The first-order valence-electron chi connectivity index (χ1n) is 7.04. The van der Waals surface area contributed by atoms with Crippen LogP contribution < -0.4 is 11.1 Å². The zero-order chi connectivity index (χ0) is 13.4. The number of carbonyl (C=O) groups is 1. The number of primary amides is 1. The Labute approximate surface area is 110 Å². The smallest absolute Gasteiger partial charge is 0.235 e. The van der Waals surface area contributed by atoms with Gasteiger partial charge < -0.3 is 15.8 Å². The van der Waals surface area contributed by atoms with Crippen LogP contribution in [0.5, 0.6) is 0 Å². The number of rotatable bonds is 8. The highest BCUT2D eigenvalue weighted by Crippen LogP contribution is 2.13. The van der Waals surface area contributed by atoms with Gasteiger partial charge in [0.2, 0.25) is 5.91 Å². The average molecular weight is 257 g/mol. The minimum absolute atomic E-state index is 0.245. The van der Waals surface area contributed by atoms with Gasteiger partial charge in [0.05, 0.1) is 12.1 Å². The van der Waals surface area contributed by atoms with E-state index in [-0.39, 0.29) is 11.9 Å². The van der Waals surface area contributed by atoms with Gasteiger partial charge in [-0.2, -0.15) is 0 Å². The zero-order valence-corrected chi connectivity index (χ0v) is 11.7. The van der Waals surface area contributed by atoms with Gasteiger partial charge in [0.15, 0.2) is 0 Å². The van der Waals surface area contributed by atoms with Crippen LogP contribution in [0.15, 0.2) is 0 Å². The van der Waals surface area contributed by atoms with Crippen molar-refractivity contribution in [1.29, 1.82) is 0 Å². The van der Waals surface area contributed by atoms with E-state index in [2.05, 4.69) is 17.1 Å². The third-order valence-electron chi connectivity index (χ3n) is 3.29. The van der Waals surface area contributed by atoms with Gasteiger partial charge in [-0.3, -0.25) is 9.69 Å². The molecule has 1 aliphatic rings. The van der Waals surface area contributed by atoms with Crippen LogP contribution in [0.3, 0.4) is 0 Å². The molecule has 5 heteroatoms. The van der Waals surface area contributed by atoms with Gasteiger partial charge in [-0.05, 0) is 39.3 Å². The normalized spacial score (nSPS) is 22.9. The third kappa shape index (κ3) is 5.33. The Morgan fingerprint density at radius 3 is 2.94 bits per heavy atom. The Bertz CT molecular complexity index is 246. The Morgan fingerprint density at radius 2 is 2.33 bits per heavy atom. The van der Waals surface area contributed by atoms with Gasteiger partial charge in [-0.15, -0.1) is 0 Å². The second kappa shape index (κ2) is 8.45. The molecule has 2 atom stereocenters. The Balaban J connectivity index is 2.39. The molecule has 2 unspecified atom stereocenters. The van der Waals surface area contributed by atoms with Crippen molar-refractivity contribution in [1.82, 2.24) is 10.2 Å². The summed E-state index contributed by atoms with van der Waals surface area (Å²) in [4.78, 5) is 13.7. The summed E-state index contributed by atoms with van der Waals surface area (Å²) in [5.41, 5.74) is 5.43. The molecule has 0 bridgehead atoms. The fourth-order valence-corrected chi connectivity index (χ4v) is 2.38. The van der Waals surface area contributed by atoms with E-state index in [0.717, 1.165) is 45.5 Å². The molecule has 1 rings (SSSR count). The minimum atomic E-state index is -0.262. The maximum absolute atomic E-state index is 11.4. The van der Waals surface area contributed by atoms with Crippen molar-refractivity contribution in [3.05, 3.63) is 0 Å². The third-order valence-corrected chi connectivity index (χ3v) is 3.29. The van der Waals surface area contributed by atoms with E-state index < -0.39 is 0 Å². The fraction of sp³-hybridized carbons (Fsp3) is 0.923. The molecule has 0 aromatic heterocycles. The predicted molar refractivity (Wildman–Crippen MR) is 72.4 cm³/mol. The Kier molecular flexibility index (Phi) is 7.23. The standard InChI is InChI=1S/C13H27N3O2/c1-3-7-15-12(13(14)17)10-16-8-5-6-11(9-16)18-4-2/h11-12,15H,3-10H2,1-2H3,(H2,14,17). The van der Waals surface area contributed by atoms with E-state index in [4.69, 9.17) is 10.5 Å². The molecule has 1 fully saturated rings. The molecular formula is C13H27N3O2. The molecule has 0 aliphatic carbocycles. The van der Waals surface area contributed by atoms with E-state index in [1.54, 1.807) is 0 Å². The molecule has 1 saturated heterocycles. The van der Waals surface area contributed by atoms with Gasteiger partial charge in [0, 0.05) is 19.7 Å². The fourth-order valence-electron chi connectivity index (χ4n) is 2.38. The van der Waals surface area contributed by atoms with E-state index >= 15 is 0 Å². The summed E-state index contributed by atoms with van der Waals surface area (Å²) in [6, 6.07) is -0.245. The highest BCUT2D eigenvalue weighted by molar-refractivity contribution is 5.80. The molecule has 3 N–H and O–H groups in total. The van der Waals surface area contributed by atoms with Crippen LogP contribution in [-0.4, -0.2) is 55.7 Å². The van der Waals surface area contributed by atoms with Gasteiger partial charge in [-0.25, -0.2) is 0 Å². The number of amides is 1. The van der Waals surface area contributed by atoms with Crippen LogP contribution in [0.1, 0.15) is 33.1 Å². The Hall–Kier alpha value is -0.650. The number of hydrogen-bond acceptors (Lipinski definition) is 4. The molecule has 18 heavy (non-hydrogen) atoms. The van der Waals surface area contributed by atoms with Crippen LogP contribution >= 0.6 is 0 Å². The number of ether oxygens (including phenoxy) is 1. The minimum Gasteiger partial charge on any atom is -0.377 e. The lowest BCUT2D eigenvalue weighted by atomic mass is 10.1. The largest absolute Gasteiger partial charge is 0.377 e. The number of carbonyl (C=O) groups excluding carboxylic acids is 1. The number of likely N-dealkylation sites (tertiary alicyclic amines) is 1. The van der Waals surface area contributed by atoms with Gasteiger partial charge >= 0.3 is 0 Å². The monoisotopic (exact) mass is 257 g/mol. The molecule has 106 valence electrons. The van der Waals surface area contributed by atoms with Crippen LogP contribution in [0.2, 0.25) is 0 Å². The summed E-state index contributed by atoms with van der Waals surface area (Å²) in [5, 5.41) is 3.21. The molecule has 0 saturated carbocycles. The van der Waals surface area contributed by atoms with Crippen LogP contribution in [0.25, 0.3) is 0 Å². The second-order valence-electron chi connectivity index (χ2n) is 4.89. The highest BCUT2D eigenvalue weighted by Gasteiger charge is 2.24. The highest BCUT2D eigenvalue weighted by atomic mass is 16.5. The number of nitrogens with one attached hydrogen (secondary N) is 1. The van der Waals surface area contributed by atoms with Gasteiger partial charge in [-0.1, -0.05) is 6.92 Å². The first kappa shape index (κ1) is 15.4. The van der Waals surface area contributed by atoms with Crippen LogP contribution in [0.4, 0.5) is 0 Å². The number of nitrogens with two attached hydrogens (primary N) is 1. The lowest BCUT2D eigenvalue weighted by molar-refractivity contribution is -0.120. The quantitative estimate of drug-likeness (QED) is 0.658.